The predicted molar refractivity (Wildman–Crippen MR) is 72.0 cm³/mol. The van der Waals surface area contributed by atoms with Gasteiger partial charge < -0.3 is 25.3 Å². The van der Waals surface area contributed by atoms with Crippen molar-refractivity contribution < 1.29 is 19.0 Å². The minimum Gasteiger partial charge on any atom is -0.444 e. The molecule has 0 radical (unpaired) electrons. The summed E-state index contributed by atoms with van der Waals surface area (Å²) in [6.45, 7) is 8.16. The number of ether oxygens (including phenoxy) is 3. The number of hydrogen-bond donors (Lipinski definition) is 2. The van der Waals surface area contributed by atoms with Gasteiger partial charge in [0.25, 0.3) is 0 Å². The van der Waals surface area contributed by atoms with Crippen molar-refractivity contribution in [3.8, 4) is 0 Å². The molecule has 6 heteroatoms. The van der Waals surface area contributed by atoms with Crippen LogP contribution < -0.4 is 11.1 Å². The maximum Gasteiger partial charge on any atom is 0.407 e. The molecule has 6 nitrogen and oxygen atoms in total. The summed E-state index contributed by atoms with van der Waals surface area (Å²) in [5.74, 6) is 0. The molecule has 0 aromatic rings. The molecule has 0 aromatic heterocycles. The highest BCUT2D eigenvalue weighted by molar-refractivity contribution is 5.67. The van der Waals surface area contributed by atoms with Gasteiger partial charge in [0, 0.05) is 32.6 Å². The van der Waals surface area contributed by atoms with Crippen LogP contribution in [0, 0.1) is 0 Å². The third-order valence-corrected chi connectivity index (χ3v) is 2.88. The van der Waals surface area contributed by atoms with Crippen molar-refractivity contribution in [1.82, 2.24) is 5.32 Å². The van der Waals surface area contributed by atoms with E-state index in [1.165, 1.54) is 0 Å². The molecule has 1 heterocycles. The molecular weight excluding hydrogens is 248 g/mol. The highest BCUT2D eigenvalue weighted by atomic mass is 16.6. The Balaban J connectivity index is 2.46. The third kappa shape index (κ3) is 6.22. The lowest BCUT2D eigenvalue weighted by molar-refractivity contribution is -0.106. The summed E-state index contributed by atoms with van der Waals surface area (Å²) in [5.41, 5.74) is 4.60. The van der Waals surface area contributed by atoms with E-state index in [9.17, 15) is 4.79 Å². The lowest BCUT2D eigenvalue weighted by Crippen LogP contribution is -2.50. The molecule has 0 atom stereocenters. The van der Waals surface area contributed by atoms with Crippen molar-refractivity contribution in [1.29, 1.82) is 0 Å². The summed E-state index contributed by atoms with van der Waals surface area (Å²) in [5, 5.41) is 2.78. The van der Waals surface area contributed by atoms with Crippen LogP contribution >= 0.6 is 0 Å². The van der Waals surface area contributed by atoms with Crippen LogP contribution in [0.3, 0.4) is 0 Å². The number of carbonyl (C=O) groups is 1. The molecule has 0 aliphatic carbocycles. The van der Waals surface area contributed by atoms with Gasteiger partial charge in [-0.05, 0) is 20.8 Å². The van der Waals surface area contributed by atoms with E-state index in [1.807, 2.05) is 20.8 Å². The fourth-order valence-electron chi connectivity index (χ4n) is 1.94. The van der Waals surface area contributed by atoms with Crippen LogP contribution in [0.15, 0.2) is 0 Å². The van der Waals surface area contributed by atoms with E-state index in [2.05, 4.69) is 5.32 Å². The largest absolute Gasteiger partial charge is 0.444 e. The van der Waals surface area contributed by atoms with Crippen molar-refractivity contribution in [2.45, 2.75) is 44.8 Å². The van der Waals surface area contributed by atoms with E-state index < -0.39 is 11.7 Å². The molecule has 1 saturated heterocycles. The fraction of sp³-hybridized carbons (Fsp3) is 0.923. The van der Waals surface area contributed by atoms with Gasteiger partial charge in [0.15, 0.2) is 0 Å². The van der Waals surface area contributed by atoms with Gasteiger partial charge in [-0.2, -0.15) is 0 Å². The number of carbonyl (C=O) groups excluding carboxylic acids is 1. The Hall–Kier alpha value is -0.850. The number of hydrogen-bond acceptors (Lipinski definition) is 5. The molecule has 1 amide bonds. The summed E-state index contributed by atoms with van der Waals surface area (Å²) >= 11 is 0. The van der Waals surface area contributed by atoms with Gasteiger partial charge in [-0.3, -0.25) is 0 Å². The zero-order chi connectivity index (χ0) is 14.4. The van der Waals surface area contributed by atoms with Crippen LogP contribution in [0.1, 0.15) is 33.6 Å². The lowest BCUT2D eigenvalue weighted by Gasteiger charge is -2.37. The molecule has 1 rings (SSSR count). The number of alkyl carbamates (subject to hydrolysis) is 1. The topological polar surface area (TPSA) is 82.8 Å². The maximum absolute atomic E-state index is 11.7. The Morgan fingerprint density at radius 3 is 2.53 bits per heavy atom. The number of amides is 1. The van der Waals surface area contributed by atoms with Gasteiger partial charge in [0.1, 0.15) is 5.60 Å². The number of nitrogens with one attached hydrogen (secondary N) is 1. The molecule has 0 unspecified atom stereocenters. The molecule has 112 valence electrons. The first-order valence-corrected chi connectivity index (χ1v) is 6.75. The van der Waals surface area contributed by atoms with Gasteiger partial charge in [-0.15, -0.1) is 0 Å². The molecule has 1 aliphatic heterocycles. The van der Waals surface area contributed by atoms with Gasteiger partial charge >= 0.3 is 6.09 Å². The summed E-state index contributed by atoms with van der Waals surface area (Å²) in [4.78, 5) is 11.7. The molecule has 0 aromatic carbocycles. The molecule has 3 N–H and O–H groups in total. The van der Waals surface area contributed by atoms with Crippen molar-refractivity contribution >= 4 is 6.09 Å². The van der Waals surface area contributed by atoms with E-state index in [0.29, 0.717) is 32.9 Å². The normalized spacial score (nSPS) is 18.9. The lowest BCUT2D eigenvalue weighted by atomic mass is 9.94. The minimum absolute atomic E-state index is 0.380. The van der Waals surface area contributed by atoms with E-state index in [-0.39, 0.29) is 5.60 Å². The molecule has 0 saturated carbocycles. The molecule has 1 aliphatic rings. The minimum atomic E-state index is -0.495. The Bertz CT molecular complexity index is 283. The van der Waals surface area contributed by atoms with Crippen molar-refractivity contribution in [2.75, 3.05) is 32.9 Å². The first-order chi connectivity index (χ1) is 8.87. The van der Waals surface area contributed by atoms with Crippen LogP contribution in [0.5, 0.6) is 0 Å². The summed E-state index contributed by atoms with van der Waals surface area (Å²) in [6.07, 6.45) is 1.08. The number of rotatable bonds is 5. The second-order valence-electron chi connectivity index (χ2n) is 5.79. The molecule has 19 heavy (non-hydrogen) atoms. The molecule has 0 bridgehead atoms. The van der Waals surface area contributed by atoms with Gasteiger partial charge in [0.2, 0.25) is 0 Å². The van der Waals surface area contributed by atoms with Crippen molar-refractivity contribution in [3.05, 3.63) is 0 Å². The summed E-state index contributed by atoms with van der Waals surface area (Å²) < 4.78 is 16.4. The third-order valence-electron chi connectivity index (χ3n) is 2.88. The van der Waals surface area contributed by atoms with E-state index in [0.717, 1.165) is 12.8 Å². The van der Waals surface area contributed by atoms with Gasteiger partial charge in [-0.25, -0.2) is 4.79 Å². The first-order valence-electron chi connectivity index (χ1n) is 6.75. The Kier molecular flexibility index (Phi) is 6.03. The SMILES string of the molecule is CC(C)(C)OC(=O)NCC1(OCCN)CCOCC1. The van der Waals surface area contributed by atoms with E-state index >= 15 is 0 Å². The second-order valence-corrected chi connectivity index (χ2v) is 5.79. The molecule has 1 fully saturated rings. The van der Waals surface area contributed by atoms with Crippen LogP contribution in [-0.4, -0.2) is 50.2 Å². The Morgan fingerprint density at radius 1 is 1.37 bits per heavy atom. The fourth-order valence-corrected chi connectivity index (χ4v) is 1.94. The smallest absolute Gasteiger partial charge is 0.407 e. The van der Waals surface area contributed by atoms with E-state index in [4.69, 9.17) is 19.9 Å². The van der Waals surface area contributed by atoms with Crippen LogP contribution in [0.2, 0.25) is 0 Å². The monoisotopic (exact) mass is 274 g/mol. The number of nitrogens with two attached hydrogens (primary N) is 1. The van der Waals surface area contributed by atoms with Crippen LogP contribution in [0.25, 0.3) is 0 Å². The van der Waals surface area contributed by atoms with Crippen LogP contribution in [-0.2, 0) is 14.2 Å². The average molecular weight is 274 g/mol. The Morgan fingerprint density at radius 2 is 2.00 bits per heavy atom. The highest BCUT2D eigenvalue weighted by Gasteiger charge is 2.34. The zero-order valence-electron chi connectivity index (χ0n) is 12.2. The quantitative estimate of drug-likeness (QED) is 0.782. The summed E-state index contributed by atoms with van der Waals surface area (Å²) in [7, 11) is 0. The second kappa shape index (κ2) is 7.07. The molecule has 0 spiro atoms. The summed E-state index contributed by atoms with van der Waals surface area (Å²) in [6, 6.07) is 0. The van der Waals surface area contributed by atoms with Gasteiger partial charge in [-0.1, -0.05) is 0 Å². The standard InChI is InChI=1S/C13H26N2O4/c1-12(2,3)19-11(16)15-10-13(18-9-6-14)4-7-17-8-5-13/h4-10,14H2,1-3H3,(H,15,16). The molecular formula is C13H26N2O4. The van der Waals surface area contributed by atoms with Crippen molar-refractivity contribution in [3.63, 3.8) is 0 Å². The predicted octanol–water partition coefficient (Wildman–Crippen LogP) is 1.04. The first kappa shape index (κ1) is 16.2. The highest BCUT2D eigenvalue weighted by Crippen LogP contribution is 2.24. The van der Waals surface area contributed by atoms with Gasteiger partial charge in [0.05, 0.1) is 18.8 Å². The van der Waals surface area contributed by atoms with Crippen molar-refractivity contribution in [2.24, 2.45) is 5.73 Å². The zero-order valence-corrected chi connectivity index (χ0v) is 12.2. The average Bonchev–Trinajstić information content (AvgIpc) is 2.33. The Labute approximate surface area is 115 Å². The van der Waals surface area contributed by atoms with Crippen LogP contribution in [0.4, 0.5) is 4.79 Å². The van der Waals surface area contributed by atoms with E-state index in [1.54, 1.807) is 0 Å². The maximum atomic E-state index is 11.7.